The number of guanidine groups is 1. The van der Waals surface area contributed by atoms with E-state index in [1.807, 2.05) is 7.05 Å². The van der Waals surface area contributed by atoms with Gasteiger partial charge in [0.1, 0.15) is 0 Å². The molecule has 1 atom stereocenters. The van der Waals surface area contributed by atoms with Gasteiger partial charge in [-0.3, -0.25) is 9.89 Å². The SMILES string of the molecule is CN=C(NC[C@H]1CCCN1CC(C)C)N(C)CCOCC1CC1.I. The minimum absolute atomic E-state index is 0. The summed E-state index contributed by atoms with van der Waals surface area (Å²) in [4.78, 5) is 9.22. The van der Waals surface area contributed by atoms with Gasteiger partial charge in [0.05, 0.1) is 6.61 Å². The average molecular weight is 452 g/mol. The van der Waals surface area contributed by atoms with Gasteiger partial charge in [0, 0.05) is 46.4 Å². The summed E-state index contributed by atoms with van der Waals surface area (Å²) in [6.07, 6.45) is 5.33. The molecular weight excluding hydrogens is 415 g/mol. The zero-order valence-corrected chi connectivity index (χ0v) is 18.3. The smallest absolute Gasteiger partial charge is 0.193 e. The first-order chi connectivity index (χ1) is 11.1. The molecule has 1 saturated carbocycles. The molecular formula is C18H37IN4O. The number of rotatable bonds is 9. The molecule has 5 nitrogen and oxygen atoms in total. The van der Waals surface area contributed by atoms with Gasteiger partial charge >= 0.3 is 0 Å². The number of aliphatic imine (C=N–C) groups is 1. The molecule has 0 bridgehead atoms. The van der Waals surface area contributed by atoms with Gasteiger partial charge in [0.25, 0.3) is 0 Å². The molecule has 2 fully saturated rings. The van der Waals surface area contributed by atoms with Gasteiger partial charge in [-0.1, -0.05) is 13.8 Å². The van der Waals surface area contributed by atoms with E-state index in [0.717, 1.165) is 44.1 Å². The lowest BCUT2D eigenvalue weighted by molar-refractivity contribution is 0.115. The van der Waals surface area contributed by atoms with Gasteiger partial charge in [0.2, 0.25) is 0 Å². The molecule has 24 heavy (non-hydrogen) atoms. The van der Waals surface area contributed by atoms with E-state index >= 15 is 0 Å². The van der Waals surface area contributed by atoms with E-state index < -0.39 is 0 Å². The molecule has 1 saturated heterocycles. The van der Waals surface area contributed by atoms with Crippen molar-refractivity contribution in [1.82, 2.24) is 15.1 Å². The maximum absolute atomic E-state index is 5.73. The maximum atomic E-state index is 5.73. The number of hydrogen-bond donors (Lipinski definition) is 1. The lowest BCUT2D eigenvalue weighted by Gasteiger charge is -2.28. The first-order valence-electron chi connectivity index (χ1n) is 9.33. The molecule has 0 spiro atoms. The van der Waals surface area contributed by atoms with Crippen molar-refractivity contribution in [2.45, 2.75) is 45.6 Å². The summed E-state index contributed by atoms with van der Waals surface area (Å²) in [6.45, 7) is 10.7. The van der Waals surface area contributed by atoms with Crippen molar-refractivity contribution >= 4 is 29.9 Å². The number of ether oxygens (including phenoxy) is 1. The number of nitrogens with one attached hydrogen (secondary N) is 1. The summed E-state index contributed by atoms with van der Waals surface area (Å²) >= 11 is 0. The van der Waals surface area contributed by atoms with E-state index in [4.69, 9.17) is 4.74 Å². The van der Waals surface area contributed by atoms with E-state index in [-0.39, 0.29) is 24.0 Å². The predicted molar refractivity (Wildman–Crippen MR) is 112 cm³/mol. The topological polar surface area (TPSA) is 40.1 Å². The Labute approximate surface area is 165 Å². The Morgan fingerprint density at radius 1 is 1.33 bits per heavy atom. The van der Waals surface area contributed by atoms with Crippen LogP contribution in [0.15, 0.2) is 4.99 Å². The van der Waals surface area contributed by atoms with Crippen LogP contribution in [0.1, 0.15) is 39.5 Å². The Bertz CT molecular complexity index is 374. The molecule has 2 rings (SSSR count). The van der Waals surface area contributed by atoms with E-state index in [2.05, 4.69) is 41.0 Å². The molecule has 0 unspecified atom stereocenters. The number of nitrogens with zero attached hydrogens (tertiary/aromatic N) is 3. The average Bonchev–Trinajstić information content (AvgIpc) is 3.24. The first-order valence-corrected chi connectivity index (χ1v) is 9.33. The quantitative estimate of drug-likeness (QED) is 0.253. The Morgan fingerprint density at radius 2 is 2.08 bits per heavy atom. The van der Waals surface area contributed by atoms with Crippen molar-refractivity contribution < 1.29 is 4.74 Å². The molecule has 1 heterocycles. The first kappa shape index (κ1) is 22.0. The Morgan fingerprint density at radius 3 is 2.71 bits per heavy atom. The molecule has 0 amide bonds. The van der Waals surface area contributed by atoms with Crippen LogP contribution in [0.5, 0.6) is 0 Å². The van der Waals surface area contributed by atoms with Gasteiger partial charge < -0.3 is 15.0 Å². The van der Waals surface area contributed by atoms with Crippen LogP contribution in [0.3, 0.4) is 0 Å². The summed E-state index contributed by atoms with van der Waals surface area (Å²) in [5.74, 6) is 2.56. The van der Waals surface area contributed by atoms with Crippen molar-refractivity contribution in [2.75, 3.05) is 53.5 Å². The number of likely N-dealkylation sites (N-methyl/N-ethyl adjacent to an activating group) is 1. The fourth-order valence-electron chi connectivity index (χ4n) is 3.27. The van der Waals surface area contributed by atoms with Crippen molar-refractivity contribution in [3.63, 3.8) is 0 Å². The Kier molecular flexibility index (Phi) is 10.5. The fraction of sp³-hybridized carbons (Fsp3) is 0.944. The Hall–Kier alpha value is -0.0800. The predicted octanol–water partition coefficient (Wildman–Crippen LogP) is 2.66. The summed E-state index contributed by atoms with van der Waals surface area (Å²) in [5.41, 5.74) is 0. The lowest BCUT2D eigenvalue weighted by atomic mass is 10.1. The van der Waals surface area contributed by atoms with Crippen molar-refractivity contribution in [3.8, 4) is 0 Å². The minimum Gasteiger partial charge on any atom is -0.379 e. The minimum atomic E-state index is 0. The third-order valence-corrected chi connectivity index (χ3v) is 4.79. The third-order valence-electron chi connectivity index (χ3n) is 4.79. The van der Waals surface area contributed by atoms with Crippen molar-refractivity contribution in [3.05, 3.63) is 0 Å². The highest BCUT2D eigenvalue weighted by Crippen LogP contribution is 2.28. The molecule has 1 aliphatic heterocycles. The van der Waals surface area contributed by atoms with Crippen LogP contribution in [-0.2, 0) is 4.74 Å². The standard InChI is InChI=1S/C18H36N4O.HI/c1-15(2)13-22-9-5-6-17(22)12-20-18(19-3)21(4)10-11-23-14-16-7-8-16;/h15-17H,5-14H2,1-4H3,(H,19,20);1H/t17-;/m1./s1. The van der Waals surface area contributed by atoms with E-state index in [9.17, 15) is 0 Å². The van der Waals surface area contributed by atoms with Gasteiger partial charge in [-0.05, 0) is 44.1 Å². The molecule has 6 heteroatoms. The highest BCUT2D eigenvalue weighted by atomic mass is 127. The van der Waals surface area contributed by atoms with Crippen LogP contribution >= 0.6 is 24.0 Å². The van der Waals surface area contributed by atoms with E-state index in [0.29, 0.717) is 6.04 Å². The maximum Gasteiger partial charge on any atom is 0.193 e. The van der Waals surface area contributed by atoms with E-state index in [1.165, 1.54) is 38.8 Å². The molecule has 1 N–H and O–H groups in total. The second kappa shape index (κ2) is 11.5. The molecule has 0 radical (unpaired) electrons. The normalized spacial score (nSPS) is 21.9. The van der Waals surface area contributed by atoms with Gasteiger partial charge in [-0.25, -0.2) is 0 Å². The monoisotopic (exact) mass is 452 g/mol. The van der Waals surface area contributed by atoms with Crippen LogP contribution < -0.4 is 5.32 Å². The lowest BCUT2D eigenvalue weighted by Crippen LogP contribution is -2.46. The van der Waals surface area contributed by atoms with Crippen LogP contribution in [0.25, 0.3) is 0 Å². The highest BCUT2D eigenvalue weighted by Gasteiger charge is 2.25. The summed E-state index contributed by atoms with van der Waals surface area (Å²) in [7, 11) is 3.96. The third kappa shape index (κ3) is 7.87. The summed E-state index contributed by atoms with van der Waals surface area (Å²) in [6, 6.07) is 0.647. The van der Waals surface area contributed by atoms with Crippen LogP contribution in [0.4, 0.5) is 0 Å². The van der Waals surface area contributed by atoms with Crippen LogP contribution in [-0.4, -0.2) is 75.3 Å². The molecule has 2 aliphatic rings. The fourth-order valence-corrected chi connectivity index (χ4v) is 3.27. The summed E-state index contributed by atoms with van der Waals surface area (Å²) < 4.78 is 5.73. The molecule has 1 aliphatic carbocycles. The van der Waals surface area contributed by atoms with Crippen molar-refractivity contribution in [2.24, 2.45) is 16.8 Å². The molecule has 0 aromatic heterocycles. The zero-order chi connectivity index (χ0) is 16.7. The van der Waals surface area contributed by atoms with Crippen LogP contribution in [0, 0.1) is 11.8 Å². The van der Waals surface area contributed by atoms with E-state index in [1.54, 1.807) is 0 Å². The number of hydrogen-bond acceptors (Lipinski definition) is 3. The Balaban J connectivity index is 0.00000288. The summed E-state index contributed by atoms with van der Waals surface area (Å²) in [5, 5.41) is 3.56. The second-order valence-corrected chi connectivity index (χ2v) is 7.55. The zero-order valence-electron chi connectivity index (χ0n) is 16.0. The van der Waals surface area contributed by atoms with Crippen molar-refractivity contribution in [1.29, 1.82) is 0 Å². The molecule has 0 aromatic carbocycles. The highest BCUT2D eigenvalue weighted by molar-refractivity contribution is 14.0. The van der Waals surface area contributed by atoms with Gasteiger partial charge in [-0.2, -0.15) is 0 Å². The number of likely N-dealkylation sites (tertiary alicyclic amines) is 1. The van der Waals surface area contributed by atoms with Crippen LogP contribution in [0.2, 0.25) is 0 Å². The molecule has 142 valence electrons. The second-order valence-electron chi connectivity index (χ2n) is 7.55. The van der Waals surface area contributed by atoms with Gasteiger partial charge in [-0.15, -0.1) is 24.0 Å². The number of halogens is 1. The molecule has 0 aromatic rings. The largest absolute Gasteiger partial charge is 0.379 e. The van der Waals surface area contributed by atoms with Gasteiger partial charge in [0.15, 0.2) is 5.96 Å².